The highest BCUT2D eigenvalue weighted by molar-refractivity contribution is 5.82. The zero-order valence-corrected chi connectivity index (χ0v) is 8.47. The van der Waals surface area contributed by atoms with Crippen molar-refractivity contribution >= 4 is 5.78 Å². The average molecular weight is 171 g/mol. The normalized spacial score (nSPS) is 15.7. The van der Waals surface area contributed by atoms with E-state index in [1.165, 1.54) is 12.8 Å². The number of unbranched alkanes of at least 4 members (excludes halogenated alkanes) is 1. The van der Waals surface area contributed by atoms with E-state index in [9.17, 15) is 4.79 Å². The van der Waals surface area contributed by atoms with Gasteiger partial charge in [-0.25, -0.2) is 0 Å². The van der Waals surface area contributed by atoms with Gasteiger partial charge in [0.25, 0.3) is 0 Å². The van der Waals surface area contributed by atoms with Gasteiger partial charge in [0, 0.05) is 5.92 Å². The zero-order valence-electron chi connectivity index (χ0n) is 8.47. The number of carbonyl (C=O) groups is 1. The molecular weight excluding hydrogens is 150 g/mol. The largest absolute Gasteiger partial charge is 0.324 e. The van der Waals surface area contributed by atoms with Crippen molar-refractivity contribution in [2.45, 2.75) is 40.0 Å². The van der Waals surface area contributed by atoms with Gasteiger partial charge in [-0.05, 0) is 5.92 Å². The first-order chi connectivity index (χ1) is 5.63. The van der Waals surface area contributed by atoms with Crippen LogP contribution in [0.2, 0.25) is 0 Å². The molecule has 2 unspecified atom stereocenters. The van der Waals surface area contributed by atoms with E-state index >= 15 is 0 Å². The maximum atomic E-state index is 11.2. The van der Waals surface area contributed by atoms with Gasteiger partial charge in [-0.3, -0.25) is 4.79 Å². The van der Waals surface area contributed by atoms with Crippen LogP contribution in [0.4, 0.5) is 0 Å². The Morgan fingerprint density at radius 2 is 2.00 bits per heavy atom. The fraction of sp³-hybridized carbons (Fsp3) is 0.900. The van der Waals surface area contributed by atoms with Crippen LogP contribution >= 0.6 is 0 Å². The number of hydrogen-bond donors (Lipinski definition) is 1. The van der Waals surface area contributed by atoms with Gasteiger partial charge >= 0.3 is 0 Å². The number of hydrogen-bond acceptors (Lipinski definition) is 2. The fourth-order valence-electron chi connectivity index (χ4n) is 1.28. The first-order valence-electron chi connectivity index (χ1n) is 4.86. The molecule has 0 heterocycles. The average Bonchev–Trinajstić information content (AvgIpc) is 2.11. The zero-order chi connectivity index (χ0) is 9.56. The SMILES string of the molecule is CCCCC(C)C(C)C(=O)CN. The Bertz CT molecular complexity index is 134. The van der Waals surface area contributed by atoms with Crippen LogP contribution < -0.4 is 5.73 Å². The van der Waals surface area contributed by atoms with Gasteiger partial charge in [0.15, 0.2) is 0 Å². The van der Waals surface area contributed by atoms with E-state index in [1.807, 2.05) is 6.92 Å². The standard InChI is InChI=1S/C10H21NO/c1-4-5-6-8(2)9(3)10(12)7-11/h8-9H,4-7,11H2,1-3H3. The Hall–Kier alpha value is -0.370. The summed E-state index contributed by atoms with van der Waals surface area (Å²) in [5, 5.41) is 0. The van der Waals surface area contributed by atoms with E-state index in [2.05, 4.69) is 13.8 Å². The Kier molecular flexibility index (Phi) is 5.99. The molecule has 2 N–H and O–H groups in total. The Morgan fingerprint density at radius 3 is 2.42 bits per heavy atom. The van der Waals surface area contributed by atoms with Crippen LogP contribution in [-0.4, -0.2) is 12.3 Å². The number of carbonyl (C=O) groups excluding carboxylic acids is 1. The van der Waals surface area contributed by atoms with Crippen molar-refractivity contribution in [3.05, 3.63) is 0 Å². The van der Waals surface area contributed by atoms with Gasteiger partial charge in [0.2, 0.25) is 0 Å². The lowest BCUT2D eigenvalue weighted by Gasteiger charge is -2.17. The molecule has 0 radical (unpaired) electrons. The lowest BCUT2D eigenvalue weighted by molar-refractivity contribution is -0.122. The molecule has 0 bridgehead atoms. The minimum absolute atomic E-state index is 0.140. The molecule has 0 rings (SSSR count). The lowest BCUT2D eigenvalue weighted by atomic mass is 9.88. The van der Waals surface area contributed by atoms with Crippen molar-refractivity contribution in [1.29, 1.82) is 0 Å². The highest BCUT2D eigenvalue weighted by Crippen LogP contribution is 2.18. The van der Waals surface area contributed by atoms with Gasteiger partial charge < -0.3 is 5.73 Å². The third-order valence-corrected chi connectivity index (χ3v) is 2.58. The molecule has 72 valence electrons. The Morgan fingerprint density at radius 1 is 1.42 bits per heavy atom. The van der Waals surface area contributed by atoms with Crippen molar-refractivity contribution in [3.63, 3.8) is 0 Å². The van der Waals surface area contributed by atoms with Gasteiger partial charge in [-0.2, -0.15) is 0 Å². The van der Waals surface area contributed by atoms with Crippen molar-refractivity contribution < 1.29 is 4.79 Å². The van der Waals surface area contributed by atoms with E-state index in [1.54, 1.807) is 0 Å². The molecular formula is C10H21NO. The van der Waals surface area contributed by atoms with E-state index in [0.717, 1.165) is 6.42 Å². The van der Waals surface area contributed by atoms with Gasteiger partial charge in [0.05, 0.1) is 6.54 Å². The molecule has 0 spiro atoms. The van der Waals surface area contributed by atoms with Crippen molar-refractivity contribution in [3.8, 4) is 0 Å². The predicted molar refractivity (Wildman–Crippen MR) is 51.9 cm³/mol. The third-order valence-electron chi connectivity index (χ3n) is 2.58. The molecule has 0 saturated carbocycles. The van der Waals surface area contributed by atoms with Crippen LogP contribution in [0.1, 0.15) is 40.0 Å². The molecule has 2 atom stereocenters. The second-order valence-corrected chi connectivity index (χ2v) is 3.58. The topological polar surface area (TPSA) is 43.1 Å². The molecule has 0 aromatic carbocycles. The summed E-state index contributed by atoms with van der Waals surface area (Å²) in [6.07, 6.45) is 3.56. The van der Waals surface area contributed by atoms with Gasteiger partial charge in [0.1, 0.15) is 5.78 Å². The molecule has 0 saturated heterocycles. The van der Waals surface area contributed by atoms with Crippen molar-refractivity contribution in [2.75, 3.05) is 6.54 Å². The van der Waals surface area contributed by atoms with Crippen LogP contribution in [0.15, 0.2) is 0 Å². The van der Waals surface area contributed by atoms with E-state index in [0.29, 0.717) is 5.92 Å². The van der Waals surface area contributed by atoms with E-state index < -0.39 is 0 Å². The summed E-state index contributed by atoms with van der Waals surface area (Å²) < 4.78 is 0. The highest BCUT2D eigenvalue weighted by atomic mass is 16.1. The molecule has 0 fully saturated rings. The summed E-state index contributed by atoms with van der Waals surface area (Å²) in [6, 6.07) is 0. The fourth-order valence-corrected chi connectivity index (χ4v) is 1.28. The summed E-state index contributed by atoms with van der Waals surface area (Å²) in [4.78, 5) is 11.2. The molecule has 0 amide bonds. The molecule has 0 aliphatic rings. The molecule has 2 heteroatoms. The maximum Gasteiger partial charge on any atom is 0.149 e. The van der Waals surface area contributed by atoms with Crippen LogP contribution in [0.25, 0.3) is 0 Å². The molecule has 0 aliphatic carbocycles. The molecule has 0 aliphatic heterocycles. The first-order valence-corrected chi connectivity index (χ1v) is 4.86. The highest BCUT2D eigenvalue weighted by Gasteiger charge is 2.17. The van der Waals surface area contributed by atoms with E-state index in [-0.39, 0.29) is 18.2 Å². The monoisotopic (exact) mass is 171 g/mol. The van der Waals surface area contributed by atoms with Crippen molar-refractivity contribution in [1.82, 2.24) is 0 Å². The number of nitrogens with two attached hydrogens (primary N) is 1. The smallest absolute Gasteiger partial charge is 0.149 e. The summed E-state index contributed by atoms with van der Waals surface area (Å²) in [5.41, 5.74) is 5.29. The minimum Gasteiger partial charge on any atom is -0.324 e. The molecule has 0 aromatic rings. The maximum absolute atomic E-state index is 11.2. The second kappa shape index (κ2) is 6.18. The van der Waals surface area contributed by atoms with Crippen LogP contribution in [-0.2, 0) is 4.79 Å². The first kappa shape index (κ1) is 11.6. The van der Waals surface area contributed by atoms with Crippen LogP contribution in [0, 0.1) is 11.8 Å². The molecule has 2 nitrogen and oxygen atoms in total. The summed E-state index contributed by atoms with van der Waals surface area (Å²) >= 11 is 0. The van der Waals surface area contributed by atoms with E-state index in [4.69, 9.17) is 5.73 Å². The minimum atomic E-state index is 0.140. The van der Waals surface area contributed by atoms with Gasteiger partial charge in [-0.15, -0.1) is 0 Å². The Labute approximate surface area is 75.5 Å². The summed E-state index contributed by atoms with van der Waals surface area (Å²) in [7, 11) is 0. The molecule has 12 heavy (non-hydrogen) atoms. The lowest BCUT2D eigenvalue weighted by Crippen LogP contribution is -2.25. The quantitative estimate of drug-likeness (QED) is 0.664. The van der Waals surface area contributed by atoms with Crippen LogP contribution in [0.3, 0.4) is 0 Å². The summed E-state index contributed by atoms with van der Waals surface area (Å²) in [6.45, 7) is 6.48. The van der Waals surface area contributed by atoms with Gasteiger partial charge in [-0.1, -0.05) is 40.0 Å². The number of rotatable bonds is 6. The third kappa shape index (κ3) is 3.86. The Balaban J connectivity index is 3.75. The predicted octanol–water partition coefficient (Wildman–Crippen LogP) is 1.98. The molecule has 0 aromatic heterocycles. The van der Waals surface area contributed by atoms with Crippen LogP contribution in [0.5, 0.6) is 0 Å². The number of Topliss-reactive ketones (excluding diaryl/α,β-unsaturated/α-hetero) is 1. The second-order valence-electron chi connectivity index (χ2n) is 3.58. The number of ketones is 1. The van der Waals surface area contributed by atoms with Crippen molar-refractivity contribution in [2.24, 2.45) is 17.6 Å². The summed E-state index contributed by atoms with van der Waals surface area (Å²) in [5.74, 6) is 0.821.